The summed E-state index contributed by atoms with van der Waals surface area (Å²) in [4.78, 5) is 11.9. The largest absolute Gasteiger partial charge is 0.353 e. The van der Waals surface area contributed by atoms with Gasteiger partial charge in [-0.25, -0.2) is 0 Å². The Bertz CT molecular complexity index is 532. The van der Waals surface area contributed by atoms with E-state index in [0.29, 0.717) is 6.42 Å². The maximum Gasteiger partial charge on any atom is 0.224 e. The molecule has 5 heteroatoms. The summed E-state index contributed by atoms with van der Waals surface area (Å²) in [5.41, 5.74) is 2.31. The first-order chi connectivity index (χ1) is 8.81. The molecule has 2 aromatic rings. The minimum atomic E-state index is 0.117. The average Bonchev–Trinajstić information content (AvgIpc) is 2.98. The van der Waals surface area contributed by atoms with Crippen LogP contribution in [0, 0.1) is 0 Å². The molecular weight excluding hydrogens is 246 g/mol. The number of hydrogen-bond donors (Lipinski definition) is 1. The molecule has 0 spiro atoms. The number of fused-ring (bicyclic) bond motifs is 1. The molecule has 18 heavy (non-hydrogen) atoms. The molecule has 0 saturated carbocycles. The lowest BCUT2D eigenvalue weighted by molar-refractivity contribution is -0.121. The third-order valence-electron chi connectivity index (χ3n) is 3.26. The van der Waals surface area contributed by atoms with Crippen LogP contribution >= 0.6 is 11.3 Å². The fraction of sp³-hybridized carbons (Fsp3) is 0.385. The zero-order valence-corrected chi connectivity index (χ0v) is 10.8. The van der Waals surface area contributed by atoms with Crippen LogP contribution in [-0.2, 0) is 24.2 Å². The maximum atomic E-state index is 11.9. The summed E-state index contributed by atoms with van der Waals surface area (Å²) >= 11 is 1.63. The first-order valence-electron chi connectivity index (χ1n) is 6.12. The molecule has 0 bridgehead atoms. The van der Waals surface area contributed by atoms with Crippen LogP contribution in [0.1, 0.15) is 17.7 Å². The van der Waals surface area contributed by atoms with Crippen molar-refractivity contribution >= 4 is 17.2 Å². The van der Waals surface area contributed by atoms with Gasteiger partial charge in [-0.3, -0.25) is 9.48 Å². The second-order valence-electron chi connectivity index (χ2n) is 4.61. The smallest absolute Gasteiger partial charge is 0.224 e. The Labute approximate surface area is 110 Å². The van der Waals surface area contributed by atoms with Crippen molar-refractivity contribution in [1.82, 2.24) is 15.1 Å². The van der Waals surface area contributed by atoms with Gasteiger partial charge in [-0.15, -0.1) is 0 Å². The van der Waals surface area contributed by atoms with Gasteiger partial charge in [0.2, 0.25) is 5.91 Å². The number of aryl methyl sites for hydroxylation is 1. The summed E-state index contributed by atoms with van der Waals surface area (Å²) in [5.74, 6) is 0.117. The molecule has 1 N–H and O–H groups in total. The van der Waals surface area contributed by atoms with Gasteiger partial charge in [0, 0.05) is 30.9 Å². The Morgan fingerprint density at radius 1 is 1.56 bits per heavy atom. The molecule has 0 aliphatic carbocycles. The van der Waals surface area contributed by atoms with Gasteiger partial charge in [-0.05, 0) is 34.9 Å². The quantitative estimate of drug-likeness (QED) is 0.912. The molecule has 0 radical (unpaired) electrons. The van der Waals surface area contributed by atoms with E-state index in [2.05, 4.69) is 10.4 Å². The standard InChI is InChI=1S/C13H15N3OS/c17-13(7-10-3-6-18-9-10)15-11-2-5-16-12(8-11)1-4-14-16/h1,3-4,6,9,11H,2,5,7-8H2,(H,15,17). The van der Waals surface area contributed by atoms with Gasteiger partial charge in [0.05, 0.1) is 6.42 Å². The SMILES string of the molecule is O=C(Cc1ccsc1)NC1CCn2nccc2C1. The van der Waals surface area contributed by atoms with E-state index in [9.17, 15) is 4.79 Å². The van der Waals surface area contributed by atoms with E-state index >= 15 is 0 Å². The molecule has 1 unspecified atom stereocenters. The number of carbonyl (C=O) groups excluding carboxylic acids is 1. The molecule has 1 amide bonds. The molecule has 4 nitrogen and oxygen atoms in total. The van der Waals surface area contributed by atoms with Crippen molar-refractivity contribution in [3.05, 3.63) is 40.3 Å². The van der Waals surface area contributed by atoms with Crippen molar-refractivity contribution in [3.63, 3.8) is 0 Å². The number of nitrogens with zero attached hydrogens (tertiary/aromatic N) is 2. The Morgan fingerprint density at radius 2 is 2.50 bits per heavy atom. The fourth-order valence-electron chi connectivity index (χ4n) is 2.35. The Hall–Kier alpha value is -1.62. The number of thiophene rings is 1. The summed E-state index contributed by atoms with van der Waals surface area (Å²) in [5, 5.41) is 11.4. The molecule has 1 aliphatic rings. The number of nitrogens with one attached hydrogen (secondary N) is 1. The summed E-state index contributed by atoms with van der Waals surface area (Å²) in [6.45, 7) is 0.895. The van der Waals surface area contributed by atoms with E-state index in [-0.39, 0.29) is 11.9 Å². The summed E-state index contributed by atoms with van der Waals surface area (Å²) in [7, 11) is 0. The van der Waals surface area contributed by atoms with Crippen LogP contribution < -0.4 is 5.32 Å². The first-order valence-corrected chi connectivity index (χ1v) is 7.06. The second-order valence-corrected chi connectivity index (χ2v) is 5.39. The van der Waals surface area contributed by atoms with E-state index < -0.39 is 0 Å². The van der Waals surface area contributed by atoms with Gasteiger partial charge in [0.25, 0.3) is 0 Å². The predicted molar refractivity (Wildman–Crippen MR) is 70.5 cm³/mol. The van der Waals surface area contributed by atoms with Crippen LogP contribution in [0.5, 0.6) is 0 Å². The Balaban J connectivity index is 1.56. The van der Waals surface area contributed by atoms with Crippen molar-refractivity contribution in [2.24, 2.45) is 0 Å². The molecule has 3 rings (SSSR count). The molecule has 0 fully saturated rings. The zero-order chi connectivity index (χ0) is 12.4. The normalized spacial score (nSPS) is 18.3. The van der Waals surface area contributed by atoms with Crippen molar-refractivity contribution in [2.75, 3.05) is 0 Å². The Morgan fingerprint density at radius 3 is 3.33 bits per heavy atom. The fourth-order valence-corrected chi connectivity index (χ4v) is 3.02. The lowest BCUT2D eigenvalue weighted by Crippen LogP contribution is -2.40. The molecule has 1 atom stereocenters. The van der Waals surface area contributed by atoms with Crippen LogP contribution in [0.25, 0.3) is 0 Å². The third-order valence-corrected chi connectivity index (χ3v) is 3.99. The first kappa shape index (κ1) is 11.5. The lowest BCUT2D eigenvalue weighted by atomic mass is 10.0. The van der Waals surface area contributed by atoms with Crippen molar-refractivity contribution in [1.29, 1.82) is 0 Å². The number of hydrogen-bond acceptors (Lipinski definition) is 3. The van der Waals surface area contributed by atoms with Crippen LogP contribution in [0.2, 0.25) is 0 Å². The third kappa shape index (κ3) is 2.46. The lowest BCUT2D eigenvalue weighted by Gasteiger charge is -2.24. The van der Waals surface area contributed by atoms with Gasteiger partial charge in [0.1, 0.15) is 0 Å². The molecule has 2 aromatic heterocycles. The van der Waals surface area contributed by atoms with Gasteiger partial charge in [-0.1, -0.05) is 0 Å². The number of rotatable bonds is 3. The van der Waals surface area contributed by atoms with E-state index in [1.54, 1.807) is 11.3 Å². The predicted octanol–water partition coefficient (Wildman–Crippen LogP) is 1.62. The molecule has 94 valence electrons. The van der Waals surface area contributed by atoms with Crippen molar-refractivity contribution in [3.8, 4) is 0 Å². The van der Waals surface area contributed by atoms with Crippen molar-refractivity contribution in [2.45, 2.75) is 31.8 Å². The van der Waals surface area contributed by atoms with E-state index in [0.717, 1.165) is 24.9 Å². The van der Waals surface area contributed by atoms with Crippen LogP contribution in [0.15, 0.2) is 29.1 Å². The summed E-state index contributed by atoms with van der Waals surface area (Å²) < 4.78 is 2.02. The minimum Gasteiger partial charge on any atom is -0.353 e. The number of carbonyl (C=O) groups is 1. The van der Waals surface area contributed by atoms with Crippen LogP contribution in [-0.4, -0.2) is 21.7 Å². The number of aromatic nitrogens is 2. The van der Waals surface area contributed by atoms with Gasteiger partial charge < -0.3 is 5.32 Å². The highest BCUT2D eigenvalue weighted by molar-refractivity contribution is 7.07. The molecule has 3 heterocycles. The Kier molecular flexibility index (Phi) is 3.15. The maximum absolute atomic E-state index is 11.9. The summed E-state index contributed by atoms with van der Waals surface area (Å²) in [6.07, 6.45) is 4.16. The van der Waals surface area contributed by atoms with E-state index in [4.69, 9.17) is 0 Å². The van der Waals surface area contributed by atoms with Crippen LogP contribution in [0.4, 0.5) is 0 Å². The highest BCUT2D eigenvalue weighted by Crippen LogP contribution is 2.14. The van der Waals surface area contributed by atoms with E-state index in [1.165, 1.54) is 5.69 Å². The van der Waals surface area contributed by atoms with E-state index in [1.807, 2.05) is 33.8 Å². The van der Waals surface area contributed by atoms with Crippen molar-refractivity contribution < 1.29 is 4.79 Å². The molecule has 0 saturated heterocycles. The average molecular weight is 261 g/mol. The molecule has 0 aromatic carbocycles. The highest BCUT2D eigenvalue weighted by Gasteiger charge is 2.20. The zero-order valence-electron chi connectivity index (χ0n) is 10.0. The van der Waals surface area contributed by atoms with Crippen LogP contribution in [0.3, 0.4) is 0 Å². The van der Waals surface area contributed by atoms with Gasteiger partial charge in [-0.2, -0.15) is 16.4 Å². The second kappa shape index (κ2) is 4.94. The topological polar surface area (TPSA) is 46.9 Å². The van der Waals surface area contributed by atoms with Gasteiger partial charge in [0.15, 0.2) is 0 Å². The molecule has 1 aliphatic heterocycles. The number of amides is 1. The monoisotopic (exact) mass is 261 g/mol. The molecular formula is C13H15N3OS. The minimum absolute atomic E-state index is 0.117. The highest BCUT2D eigenvalue weighted by atomic mass is 32.1. The summed E-state index contributed by atoms with van der Waals surface area (Å²) in [6, 6.07) is 4.28. The van der Waals surface area contributed by atoms with Gasteiger partial charge >= 0.3 is 0 Å².